The van der Waals surface area contributed by atoms with Gasteiger partial charge >= 0.3 is 5.97 Å². The highest BCUT2D eigenvalue weighted by Crippen LogP contribution is 2.33. The van der Waals surface area contributed by atoms with Gasteiger partial charge in [0.15, 0.2) is 0 Å². The minimum absolute atomic E-state index is 0.251. The monoisotopic (exact) mass is 157 g/mol. The molecular weight excluding hydrogens is 142 g/mol. The lowest BCUT2D eigenvalue weighted by molar-refractivity contribution is -0.144. The van der Waals surface area contributed by atoms with E-state index in [1.54, 1.807) is 6.92 Å². The van der Waals surface area contributed by atoms with E-state index in [1.807, 2.05) is 0 Å². The lowest BCUT2D eigenvalue weighted by Gasteiger charge is -2.08. The minimum Gasteiger partial charge on any atom is -0.465 e. The van der Waals surface area contributed by atoms with E-state index in [0.717, 1.165) is 6.42 Å². The quantitative estimate of drug-likeness (QED) is 0.610. The molecule has 0 spiro atoms. The predicted molar refractivity (Wildman–Crippen MR) is 41.9 cm³/mol. The molecule has 0 radical (unpaired) electrons. The molecule has 1 aliphatic rings. The van der Waals surface area contributed by atoms with E-state index in [4.69, 9.17) is 10.5 Å². The topological polar surface area (TPSA) is 52.3 Å². The van der Waals surface area contributed by atoms with Gasteiger partial charge in [-0.15, -0.1) is 0 Å². The second-order valence-corrected chi connectivity index (χ2v) is 3.04. The molecule has 1 atom stereocenters. The molecule has 0 unspecified atom stereocenters. The summed E-state index contributed by atoms with van der Waals surface area (Å²) in [6, 6.07) is -0.387. The van der Waals surface area contributed by atoms with E-state index < -0.39 is 0 Å². The molecule has 0 amide bonds. The van der Waals surface area contributed by atoms with Gasteiger partial charge in [-0.25, -0.2) is 0 Å². The number of hydrogen-bond acceptors (Lipinski definition) is 3. The first-order chi connectivity index (χ1) is 5.24. The Balaban J connectivity index is 2.15. The Morgan fingerprint density at radius 2 is 2.36 bits per heavy atom. The van der Waals surface area contributed by atoms with Gasteiger partial charge in [0.05, 0.1) is 6.61 Å². The number of ether oxygens (including phenoxy) is 1. The second-order valence-electron chi connectivity index (χ2n) is 3.04. The van der Waals surface area contributed by atoms with Crippen molar-refractivity contribution in [2.45, 2.75) is 32.2 Å². The first-order valence-corrected chi connectivity index (χ1v) is 4.16. The third-order valence-electron chi connectivity index (χ3n) is 1.87. The molecule has 2 N–H and O–H groups in total. The average molecular weight is 157 g/mol. The first kappa shape index (κ1) is 8.53. The largest absolute Gasteiger partial charge is 0.465 e. The zero-order chi connectivity index (χ0) is 8.27. The zero-order valence-electron chi connectivity index (χ0n) is 6.88. The van der Waals surface area contributed by atoms with Crippen LogP contribution in [0.4, 0.5) is 0 Å². The summed E-state index contributed by atoms with van der Waals surface area (Å²) in [6.07, 6.45) is 3.26. The Morgan fingerprint density at radius 3 is 2.82 bits per heavy atom. The third-order valence-corrected chi connectivity index (χ3v) is 1.87. The van der Waals surface area contributed by atoms with Crippen LogP contribution in [0.3, 0.4) is 0 Å². The van der Waals surface area contributed by atoms with E-state index in [0.29, 0.717) is 12.5 Å². The fraction of sp³-hybridized carbons (Fsp3) is 0.875. The van der Waals surface area contributed by atoms with Crippen LogP contribution in [-0.4, -0.2) is 18.6 Å². The van der Waals surface area contributed by atoms with Crippen molar-refractivity contribution in [1.29, 1.82) is 0 Å². The summed E-state index contributed by atoms with van der Waals surface area (Å²) >= 11 is 0. The Kier molecular flexibility index (Phi) is 2.88. The molecule has 3 nitrogen and oxygen atoms in total. The van der Waals surface area contributed by atoms with Crippen LogP contribution in [0, 0.1) is 5.92 Å². The van der Waals surface area contributed by atoms with Crippen molar-refractivity contribution in [2.24, 2.45) is 11.7 Å². The second kappa shape index (κ2) is 3.72. The summed E-state index contributed by atoms with van der Waals surface area (Å²) in [4.78, 5) is 11.0. The molecule has 0 heterocycles. The molecule has 1 aliphatic carbocycles. The molecule has 3 heteroatoms. The van der Waals surface area contributed by atoms with Gasteiger partial charge in [-0.3, -0.25) is 4.79 Å². The molecule has 0 saturated heterocycles. The van der Waals surface area contributed by atoms with Gasteiger partial charge in [-0.05, 0) is 19.3 Å². The normalized spacial score (nSPS) is 19.5. The molecule has 1 fully saturated rings. The van der Waals surface area contributed by atoms with E-state index in [1.165, 1.54) is 12.8 Å². The highest BCUT2D eigenvalue weighted by atomic mass is 16.5. The summed E-state index contributed by atoms with van der Waals surface area (Å²) < 4.78 is 4.77. The van der Waals surface area contributed by atoms with Crippen LogP contribution in [0.5, 0.6) is 0 Å². The van der Waals surface area contributed by atoms with Crippen molar-refractivity contribution in [3.63, 3.8) is 0 Å². The molecule has 64 valence electrons. The van der Waals surface area contributed by atoms with Gasteiger partial charge in [0, 0.05) is 0 Å². The van der Waals surface area contributed by atoms with Crippen LogP contribution >= 0.6 is 0 Å². The van der Waals surface area contributed by atoms with Crippen LogP contribution in [0.25, 0.3) is 0 Å². The van der Waals surface area contributed by atoms with E-state index in [-0.39, 0.29) is 12.0 Å². The van der Waals surface area contributed by atoms with Crippen LogP contribution in [0.1, 0.15) is 26.2 Å². The molecule has 0 aromatic carbocycles. The Morgan fingerprint density at radius 1 is 1.73 bits per heavy atom. The highest BCUT2D eigenvalue weighted by Gasteiger charge is 2.27. The maximum absolute atomic E-state index is 11.0. The first-order valence-electron chi connectivity index (χ1n) is 4.16. The van der Waals surface area contributed by atoms with Gasteiger partial charge < -0.3 is 10.5 Å². The molecule has 1 saturated carbocycles. The molecular formula is C8H15NO2. The van der Waals surface area contributed by atoms with Crippen LogP contribution in [-0.2, 0) is 9.53 Å². The number of carbonyl (C=O) groups excluding carboxylic acids is 1. The number of rotatable bonds is 4. The summed E-state index contributed by atoms with van der Waals surface area (Å²) in [5.74, 6) is 0.439. The van der Waals surface area contributed by atoms with Crippen molar-refractivity contribution in [2.75, 3.05) is 6.61 Å². The molecule has 11 heavy (non-hydrogen) atoms. The fourth-order valence-electron chi connectivity index (χ4n) is 1.06. The summed E-state index contributed by atoms with van der Waals surface area (Å²) in [5.41, 5.74) is 5.57. The van der Waals surface area contributed by atoms with E-state index in [2.05, 4.69) is 0 Å². The van der Waals surface area contributed by atoms with Gasteiger partial charge in [0.2, 0.25) is 0 Å². The fourth-order valence-corrected chi connectivity index (χ4v) is 1.06. The Bertz CT molecular complexity index is 143. The lowest BCUT2D eigenvalue weighted by atomic mass is 10.1. The van der Waals surface area contributed by atoms with Gasteiger partial charge in [-0.1, -0.05) is 12.8 Å². The highest BCUT2D eigenvalue weighted by molar-refractivity contribution is 5.75. The van der Waals surface area contributed by atoms with E-state index >= 15 is 0 Å². The maximum Gasteiger partial charge on any atom is 0.322 e. The summed E-state index contributed by atoms with van der Waals surface area (Å²) in [5, 5.41) is 0. The van der Waals surface area contributed by atoms with Crippen molar-refractivity contribution in [3.05, 3.63) is 0 Å². The van der Waals surface area contributed by atoms with Gasteiger partial charge in [0.25, 0.3) is 0 Å². The van der Waals surface area contributed by atoms with Crippen molar-refractivity contribution < 1.29 is 9.53 Å². The van der Waals surface area contributed by atoms with Crippen LogP contribution in [0.2, 0.25) is 0 Å². The predicted octanol–water partition coefficient (Wildman–Crippen LogP) is 0.677. The Hall–Kier alpha value is -0.570. The average Bonchev–Trinajstić information content (AvgIpc) is 2.72. The van der Waals surface area contributed by atoms with Gasteiger partial charge in [-0.2, -0.15) is 0 Å². The standard InChI is InChI=1S/C8H15NO2/c1-2-11-8(10)7(9)5-6-3-4-6/h6-7H,2-5,9H2,1H3/t7-/m1/s1. The molecule has 0 aromatic rings. The zero-order valence-corrected chi connectivity index (χ0v) is 6.88. The number of esters is 1. The van der Waals surface area contributed by atoms with Crippen LogP contribution < -0.4 is 5.73 Å². The number of hydrogen-bond donors (Lipinski definition) is 1. The smallest absolute Gasteiger partial charge is 0.322 e. The molecule has 0 aliphatic heterocycles. The Labute approximate surface area is 66.9 Å². The third kappa shape index (κ3) is 2.89. The maximum atomic E-state index is 11.0. The van der Waals surface area contributed by atoms with E-state index in [9.17, 15) is 4.79 Å². The van der Waals surface area contributed by atoms with Crippen molar-refractivity contribution in [3.8, 4) is 0 Å². The number of carbonyl (C=O) groups is 1. The van der Waals surface area contributed by atoms with Crippen LogP contribution in [0.15, 0.2) is 0 Å². The molecule has 0 bridgehead atoms. The van der Waals surface area contributed by atoms with Gasteiger partial charge in [0.1, 0.15) is 6.04 Å². The minimum atomic E-state index is -0.387. The summed E-state index contributed by atoms with van der Waals surface area (Å²) in [7, 11) is 0. The molecule has 1 rings (SSSR count). The van der Waals surface area contributed by atoms with Crippen molar-refractivity contribution in [1.82, 2.24) is 0 Å². The lowest BCUT2D eigenvalue weighted by Crippen LogP contribution is -2.32. The number of nitrogens with two attached hydrogens (primary N) is 1. The SMILES string of the molecule is CCOC(=O)[C@H](N)CC1CC1. The molecule has 0 aromatic heterocycles. The van der Waals surface area contributed by atoms with Crippen molar-refractivity contribution >= 4 is 5.97 Å². The summed E-state index contributed by atoms with van der Waals surface area (Å²) in [6.45, 7) is 2.22.